The van der Waals surface area contributed by atoms with Gasteiger partial charge in [0.1, 0.15) is 23.4 Å². The molecule has 1 N–H and O–H groups in total. The second-order valence-corrected chi connectivity index (χ2v) is 9.18. The Hall–Kier alpha value is -2.48. The Morgan fingerprint density at radius 2 is 1.73 bits per heavy atom. The smallest absolute Gasteiger partial charge is 0.331 e. The van der Waals surface area contributed by atoms with Crippen LogP contribution < -0.4 is 0 Å². The summed E-state index contributed by atoms with van der Waals surface area (Å²) in [6.07, 6.45) is 16.0. The van der Waals surface area contributed by atoms with Crippen molar-refractivity contribution in [1.29, 1.82) is 0 Å². The fourth-order valence-electron chi connectivity index (χ4n) is 4.79. The van der Waals surface area contributed by atoms with Gasteiger partial charge >= 0.3 is 11.9 Å². The van der Waals surface area contributed by atoms with E-state index in [1.54, 1.807) is 37.5 Å². The number of carboxylic acid groups (broad SMARTS) is 1. The number of hydrogen-bond donors (Lipinski definition) is 1. The van der Waals surface area contributed by atoms with E-state index in [1.165, 1.54) is 17.7 Å². The number of carboxylic acids is 1. The van der Waals surface area contributed by atoms with Crippen LogP contribution in [0.5, 0.6) is 0 Å². The highest BCUT2D eigenvalue weighted by atomic mass is 16.6. The standard InChI is InChI=1S/C26H34O7/c1-18(2)13-14-20-25(3,33-20)24-23(30-4)19(15-16-26(24)17-31-26)32-22(29)12-10-8-6-5-7-9-11-21(27)28/h5-13,19-20,23-24H,14-17H2,1-4H3,(H,27,28)/b7-5+,8-6+,11-9+,12-10+/t19-,20?,23-,24-,25+,26+/m1/s1. The first-order valence-corrected chi connectivity index (χ1v) is 11.3. The number of ether oxygens (including phenoxy) is 4. The van der Waals surface area contributed by atoms with Crippen molar-refractivity contribution < 1.29 is 33.6 Å². The average molecular weight is 459 g/mol. The Kier molecular flexibility index (Phi) is 8.10. The minimum absolute atomic E-state index is 0.00928. The molecular weight excluding hydrogens is 424 g/mol. The number of carbonyl (C=O) groups excluding carboxylic acids is 1. The van der Waals surface area contributed by atoms with E-state index in [-0.39, 0.29) is 35.4 Å². The lowest BCUT2D eigenvalue weighted by Crippen LogP contribution is -2.55. The molecule has 2 aliphatic heterocycles. The first kappa shape index (κ1) is 25.1. The molecule has 7 heteroatoms. The fourth-order valence-corrected chi connectivity index (χ4v) is 4.79. The molecule has 1 unspecified atom stereocenters. The minimum Gasteiger partial charge on any atom is -0.478 e. The van der Waals surface area contributed by atoms with Gasteiger partial charge in [0.2, 0.25) is 0 Å². The molecule has 3 aliphatic rings. The van der Waals surface area contributed by atoms with Crippen LogP contribution in [0.4, 0.5) is 0 Å². The van der Waals surface area contributed by atoms with Crippen LogP contribution in [0.25, 0.3) is 0 Å². The Morgan fingerprint density at radius 3 is 2.30 bits per heavy atom. The van der Waals surface area contributed by atoms with Crippen LogP contribution in [0.1, 0.15) is 40.0 Å². The zero-order chi connectivity index (χ0) is 24.1. The Balaban J connectivity index is 1.59. The third-order valence-electron chi connectivity index (χ3n) is 6.53. The molecule has 1 spiro atoms. The predicted octanol–water partition coefficient (Wildman–Crippen LogP) is 3.92. The van der Waals surface area contributed by atoms with Gasteiger partial charge in [-0.15, -0.1) is 0 Å². The fraction of sp³-hybridized carbons (Fsp3) is 0.538. The molecular formula is C26H34O7. The van der Waals surface area contributed by atoms with Gasteiger partial charge in [-0.3, -0.25) is 0 Å². The number of aliphatic carboxylic acids is 1. The number of epoxide rings is 2. The Morgan fingerprint density at radius 1 is 1.09 bits per heavy atom. The van der Waals surface area contributed by atoms with Crippen molar-refractivity contribution in [3.05, 3.63) is 60.3 Å². The normalized spacial score (nSPS) is 35.6. The molecule has 33 heavy (non-hydrogen) atoms. The van der Waals surface area contributed by atoms with E-state index in [0.717, 1.165) is 18.9 Å². The van der Waals surface area contributed by atoms with Crippen molar-refractivity contribution in [3.63, 3.8) is 0 Å². The summed E-state index contributed by atoms with van der Waals surface area (Å²) >= 11 is 0. The maximum Gasteiger partial charge on any atom is 0.331 e. The lowest BCUT2D eigenvalue weighted by Gasteiger charge is -2.42. The summed E-state index contributed by atoms with van der Waals surface area (Å²) in [6, 6.07) is 0. The van der Waals surface area contributed by atoms with Crippen molar-refractivity contribution in [2.45, 2.75) is 69.5 Å². The maximum atomic E-state index is 12.4. The molecule has 0 aromatic carbocycles. The van der Waals surface area contributed by atoms with Gasteiger partial charge in [0, 0.05) is 19.3 Å². The van der Waals surface area contributed by atoms with Crippen LogP contribution in [-0.2, 0) is 28.5 Å². The number of carbonyl (C=O) groups is 2. The van der Waals surface area contributed by atoms with Crippen LogP contribution in [0.2, 0.25) is 0 Å². The molecule has 3 rings (SSSR count). The topological polar surface area (TPSA) is 97.9 Å². The number of esters is 1. The molecule has 0 aromatic heterocycles. The van der Waals surface area contributed by atoms with Gasteiger partial charge < -0.3 is 24.1 Å². The summed E-state index contributed by atoms with van der Waals surface area (Å²) in [6.45, 7) is 6.96. The third-order valence-corrected chi connectivity index (χ3v) is 6.53. The predicted molar refractivity (Wildman–Crippen MR) is 124 cm³/mol. The van der Waals surface area contributed by atoms with Gasteiger partial charge in [-0.25, -0.2) is 9.59 Å². The molecule has 6 atom stereocenters. The number of hydrogen-bond acceptors (Lipinski definition) is 6. The Bertz CT molecular complexity index is 873. The molecule has 3 fully saturated rings. The van der Waals surface area contributed by atoms with Crippen LogP contribution in [0.3, 0.4) is 0 Å². The van der Waals surface area contributed by atoms with Gasteiger partial charge in [-0.2, -0.15) is 0 Å². The highest BCUT2D eigenvalue weighted by molar-refractivity contribution is 5.82. The molecule has 1 aliphatic carbocycles. The molecule has 2 heterocycles. The largest absolute Gasteiger partial charge is 0.478 e. The van der Waals surface area contributed by atoms with Gasteiger partial charge in [-0.1, -0.05) is 48.1 Å². The maximum absolute atomic E-state index is 12.4. The minimum atomic E-state index is -1.00. The average Bonchev–Trinajstić information content (AvgIpc) is 3.67. The zero-order valence-corrected chi connectivity index (χ0v) is 19.7. The summed E-state index contributed by atoms with van der Waals surface area (Å²) in [5.41, 5.74) is 0.642. The van der Waals surface area contributed by atoms with E-state index in [9.17, 15) is 9.59 Å². The van der Waals surface area contributed by atoms with Gasteiger partial charge in [0.15, 0.2) is 0 Å². The van der Waals surface area contributed by atoms with Crippen molar-refractivity contribution >= 4 is 11.9 Å². The number of methoxy groups -OCH3 is 1. The van der Waals surface area contributed by atoms with Crippen molar-refractivity contribution in [2.24, 2.45) is 5.92 Å². The zero-order valence-electron chi connectivity index (χ0n) is 19.7. The van der Waals surface area contributed by atoms with Crippen LogP contribution in [0, 0.1) is 5.92 Å². The van der Waals surface area contributed by atoms with Gasteiger partial charge in [0.25, 0.3) is 0 Å². The van der Waals surface area contributed by atoms with E-state index in [1.807, 2.05) is 0 Å². The molecule has 0 radical (unpaired) electrons. The van der Waals surface area contributed by atoms with E-state index in [0.29, 0.717) is 13.0 Å². The van der Waals surface area contributed by atoms with Gasteiger partial charge in [-0.05, 0) is 40.0 Å². The van der Waals surface area contributed by atoms with Gasteiger partial charge in [0.05, 0.1) is 18.6 Å². The van der Waals surface area contributed by atoms with Crippen molar-refractivity contribution in [2.75, 3.05) is 13.7 Å². The summed E-state index contributed by atoms with van der Waals surface area (Å²) < 4.78 is 23.8. The molecule has 1 saturated carbocycles. The number of rotatable bonds is 10. The van der Waals surface area contributed by atoms with E-state index in [4.69, 9.17) is 24.1 Å². The monoisotopic (exact) mass is 458 g/mol. The molecule has 2 saturated heterocycles. The highest BCUT2D eigenvalue weighted by Crippen LogP contribution is 2.59. The highest BCUT2D eigenvalue weighted by Gasteiger charge is 2.72. The first-order chi connectivity index (χ1) is 15.7. The molecule has 0 amide bonds. The molecule has 0 bridgehead atoms. The van der Waals surface area contributed by atoms with E-state index in [2.05, 4.69) is 26.8 Å². The third kappa shape index (κ3) is 6.31. The SMILES string of the molecule is CO[C@@H]1[C@H](OC(=O)/C=C/C=C/C=C/C=C/C(=O)O)CC[C@]2(CO2)[C@H]1[C@@]1(C)OC1CC=C(C)C. The van der Waals surface area contributed by atoms with E-state index < -0.39 is 11.9 Å². The summed E-state index contributed by atoms with van der Waals surface area (Å²) in [5.74, 6) is -1.45. The second kappa shape index (κ2) is 10.6. The summed E-state index contributed by atoms with van der Waals surface area (Å²) in [5, 5.41) is 8.51. The molecule has 7 nitrogen and oxygen atoms in total. The second-order valence-electron chi connectivity index (χ2n) is 9.18. The van der Waals surface area contributed by atoms with Crippen LogP contribution >= 0.6 is 0 Å². The first-order valence-electron chi connectivity index (χ1n) is 11.3. The Labute approximate surface area is 195 Å². The lowest BCUT2D eigenvalue weighted by atomic mass is 9.68. The lowest BCUT2D eigenvalue weighted by molar-refractivity contribution is -0.166. The number of allylic oxidation sites excluding steroid dienone is 7. The van der Waals surface area contributed by atoms with Crippen LogP contribution in [0.15, 0.2) is 60.3 Å². The quantitative estimate of drug-likeness (QED) is 0.174. The summed E-state index contributed by atoms with van der Waals surface area (Å²) in [4.78, 5) is 22.8. The van der Waals surface area contributed by atoms with Crippen molar-refractivity contribution in [3.8, 4) is 0 Å². The van der Waals surface area contributed by atoms with E-state index >= 15 is 0 Å². The van der Waals surface area contributed by atoms with Crippen LogP contribution in [-0.4, -0.2) is 60.3 Å². The van der Waals surface area contributed by atoms with Crippen molar-refractivity contribution in [1.82, 2.24) is 0 Å². The molecule has 0 aromatic rings. The molecule has 180 valence electrons. The summed E-state index contributed by atoms with van der Waals surface area (Å²) in [7, 11) is 1.65.